The van der Waals surface area contributed by atoms with Gasteiger partial charge in [0.15, 0.2) is 0 Å². The zero-order valence-electron chi connectivity index (χ0n) is 6.85. The van der Waals surface area contributed by atoms with Gasteiger partial charge in [0.2, 0.25) is 0 Å². The summed E-state index contributed by atoms with van der Waals surface area (Å²) in [6, 6.07) is 0. The monoisotopic (exact) mass is 118 g/mol. The van der Waals surface area contributed by atoms with Crippen molar-refractivity contribution in [2.45, 2.75) is 33.1 Å². The van der Waals surface area contributed by atoms with E-state index < -0.39 is 0 Å². The molecule has 0 spiro atoms. The van der Waals surface area contributed by atoms with Crippen molar-refractivity contribution in [2.75, 3.05) is 0 Å². The summed E-state index contributed by atoms with van der Waals surface area (Å²) in [7, 11) is 0. The molecule has 0 bridgehead atoms. The van der Waals surface area contributed by atoms with E-state index in [0.717, 1.165) is 11.8 Å². The quantitative estimate of drug-likeness (QED) is 0.301. The third-order valence-corrected chi connectivity index (χ3v) is 1.98. The minimum atomic E-state index is 0. The largest absolute Gasteiger partial charge is 1.00 e. The van der Waals surface area contributed by atoms with Crippen LogP contribution in [0.3, 0.4) is 0 Å². The molecule has 1 saturated carbocycles. The number of hydrogen-bond donors (Lipinski definition) is 0. The van der Waals surface area contributed by atoms with E-state index >= 15 is 0 Å². The maximum Gasteiger partial charge on any atom is 1.00 e. The van der Waals surface area contributed by atoms with Crippen LogP contribution in [-0.4, -0.2) is 0 Å². The van der Waals surface area contributed by atoms with Crippen molar-refractivity contribution in [1.82, 2.24) is 0 Å². The molecule has 1 rings (SSSR count). The molecule has 2 unspecified atom stereocenters. The van der Waals surface area contributed by atoms with Crippen LogP contribution in [-0.2, 0) is 0 Å². The number of rotatable bonds is 0. The van der Waals surface area contributed by atoms with Crippen LogP contribution in [0.4, 0.5) is 0 Å². The maximum absolute atomic E-state index is 2.48. The van der Waals surface area contributed by atoms with E-state index in [1.165, 1.54) is 19.3 Å². The molecule has 1 aliphatic carbocycles. The van der Waals surface area contributed by atoms with E-state index in [1.807, 2.05) is 0 Å². The van der Waals surface area contributed by atoms with E-state index in [-0.39, 0.29) is 18.9 Å². The van der Waals surface area contributed by atoms with Gasteiger partial charge < -0.3 is 6.42 Å². The van der Waals surface area contributed by atoms with Crippen molar-refractivity contribution in [1.29, 1.82) is 0 Å². The topological polar surface area (TPSA) is 0 Å². The first-order chi connectivity index (χ1) is 3.79. The molecular formula is C8H15Li. The van der Waals surface area contributed by atoms with Gasteiger partial charge >= 0.3 is 18.9 Å². The molecule has 1 heteroatoms. The van der Waals surface area contributed by atoms with Gasteiger partial charge in [0, 0.05) is 0 Å². The number of hydrogen-bond acceptors (Lipinski definition) is 0. The Labute approximate surface area is 70.6 Å². The van der Waals surface area contributed by atoms with E-state index in [0.29, 0.717) is 0 Å². The SMILES string of the molecule is CC1[CH-]C(C)CCC1.[Li+]. The summed E-state index contributed by atoms with van der Waals surface area (Å²) >= 11 is 0. The molecule has 0 aliphatic heterocycles. The van der Waals surface area contributed by atoms with E-state index in [9.17, 15) is 0 Å². The van der Waals surface area contributed by atoms with E-state index in [2.05, 4.69) is 20.3 Å². The molecule has 9 heavy (non-hydrogen) atoms. The maximum atomic E-state index is 2.48. The molecule has 1 fully saturated rings. The molecule has 0 heterocycles. The summed E-state index contributed by atoms with van der Waals surface area (Å²) in [6.45, 7) is 4.63. The first-order valence-electron chi connectivity index (χ1n) is 3.64. The molecule has 0 aromatic carbocycles. The Balaban J connectivity index is 0.000000640. The van der Waals surface area contributed by atoms with Crippen molar-refractivity contribution in [2.24, 2.45) is 11.8 Å². The molecule has 2 atom stereocenters. The van der Waals surface area contributed by atoms with Crippen molar-refractivity contribution in [3.8, 4) is 0 Å². The Morgan fingerprint density at radius 2 is 1.56 bits per heavy atom. The van der Waals surface area contributed by atoms with Crippen LogP contribution in [0.15, 0.2) is 0 Å². The molecule has 1 aliphatic rings. The predicted molar refractivity (Wildman–Crippen MR) is 36.5 cm³/mol. The standard InChI is InChI=1S/C8H15.Li/c1-7-4-3-5-8(2)6-7;/h6-8H,3-5H2,1-2H3;/q-1;+1. The average Bonchev–Trinajstić information content (AvgIpc) is 1.64. The van der Waals surface area contributed by atoms with Gasteiger partial charge in [-0.05, 0) is 0 Å². The summed E-state index contributed by atoms with van der Waals surface area (Å²) < 4.78 is 0. The van der Waals surface area contributed by atoms with Gasteiger partial charge in [-0.3, -0.25) is 0 Å². The molecule has 0 saturated heterocycles. The minimum Gasteiger partial charge on any atom is -0.323 e. The Morgan fingerprint density at radius 3 is 1.78 bits per heavy atom. The fourth-order valence-corrected chi connectivity index (χ4v) is 1.52. The Hall–Kier alpha value is 0.597. The Morgan fingerprint density at radius 1 is 1.11 bits per heavy atom. The fraction of sp³-hybridized carbons (Fsp3) is 0.875. The second-order valence-corrected chi connectivity index (χ2v) is 3.08. The van der Waals surface area contributed by atoms with Crippen LogP contribution in [0, 0.1) is 18.3 Å². The van der Waals surface area contributed by atoms with Gasteiger partial charge in [0.25, 0.3) is 0 Å². The van der Waals surface area contributed by atoms with Gasteiger partial charge in [-0.2, -0.15) is 11.8 Å². The third-order valence-electron chi connectivity index (χ3n) is 1.98. The average molecular weight is 118 g/mol. The van der Waals surface area contributed by atoms with Crippen molar-refractivity contribution in [3.63, 3.8) is 0 Å². The van der Waals surface area contributed by atoms with Gasteiger partial charge in [-0.25, -0.2) is 0 Å². The zero-order chi connectivity index (χ0) is 5.98. The molecular weight excluding hydrogens is 103 g/mol. The van der Waals surface area contributed by atoms with Crippen LogP contribution in [0.5, 0.6) is 0 Å². The summed E-state index contributed by atoms with van der Waals surface area (Å²) in [6.07, 6.45) is 6.76. The van der Waals surface area contributed by atoms with Gasteiger partial charge in [0.05, 0.1) is 0 Å². The van der Waals surface area contributed by atoms with Gasteiger partial charge in [0.1, 0.15) is 0 Å². The second kappa shape index (κ2) is 4.42. The van der Waals surface area contributed by atoms with Crippen molar-refractivity contribution in [3.05, 3.63) is 6.42 Å². The molecule has 0 amide bonds. The third kappa shape index (κ3) is 3.33. The smallest absolute Gasteiger partial charge is 0.323 e. The predicted octanol–water partition coefficient (Wildman–Crippen LogP) is -0.349. The zero-order valence-corrected chi connectivity index (χ0v) is 6.85. The first-order valence-corrected chi connectivity index (χ1v) is 3.64. The minimum absolute atomic E-state index is 0. The summed E-state index contributed by atoms with van der Waals surface area (Å²) in [5.41, 5.74) is 0. The van der Waals surface area contributed by atoms with Gasteiger partial charge in [-0.1, -0.05) is 33.1 Å². The van der Waals surface area contributed by atoms with Crippen molar-refractivity contribution < 1.29 is 18.9 Å². The summed E-state index contributed by atoms with van der Waals surface area (Å²) in [5, 5.41) is 0. The normalized spacial score (nSPS) is 35.3. The van der Waals surface area contributed by atoms with Crippen LogP contribution in [0.25, 0.3) is 0 Å². The van der Waals surface area contributed by atoms with Crippen LogP contribution >= 0.6 is 0 Å². The molecule has 48 valence electrons. The fourth-order valence-electron chi connectivity index (χ4n) is 1.52. The van der Waals surface area contributed by atoms with Crippen LogP contribution in [0.2, 0.25) is 0 Å². The second-order valence-electron chi connectivity index (χ2n) is 3.08. The van der Waals surface area contributed by atoms with E-state index in [1.54, 1.807) is 0 Å². The van der Waals surface area contributed by atoms with Crippen molar-refractivity contribution >= 4 is 0 Å². The molecule has 0 aromatic heterocycles. The molecule has 0 radical (unpaired) electrons. The molecule has 0 nitrogen and oxygen atoms in total. The molecule has 0 N–H and O–H groups in total. The first kappa shape index (κ1) is 9.60. The Kier molecular flexibility index (Phi) is 4.71. The van der Waals surface area contributed by atoms with E-state index in [4.69, 9.17) is 0 Å². The van der Waals surface area contributed by atoms with Crippen LogP contribution in [0.1, 0.15) is 33.1 Å². The summed E-state index contributed by atoms with van der Waals surface area (Å²) in [4.78, 5) is 0. The van der Waals surface area contributed by atoms with Crippen LogP contribution < -0.4 is 18.9 Å². The molecule has 0 aromatic rings. The Bertz CT molecular complexity index is 63.0. The summed E-state index contributed by atoms with van der Waals surface area (Å²) in [5.74, 6) is 1.78. The van der Waals surface area contributed by atoms with Gasteiger partial charge in [-0.15, -0.1) is 0 Å².